The highest BCUT2D eigenvalue weighted by atomic mass is 16.1. The van der Waals surface area contributed by atoms with Gasteiger partial charge in [0, 0.05) is 29.5 Å². The molecule has 1 fully saturated rings. The van der Waals surface area contributed by atoms with E-state index in [1.165, 1.54) is 25.1 Å². The number of rotatable bonds is 4. The highest BCUT2D eigenvalue weighted by Crippen LogP contribution is 2.40. The SMILES string of the molecule is CC1C=C(C(=O)c2ccccc2)C=CC1c1nc(C2CCC2)n2c1C(N)=NCC2. The summed E-state index contributed by atoms with van der Waals surface area (Å²) in [7, 11) is 0. The van der Waals surface area contributed by atoms with Gasteiger partial charge in [0.15, 0.2) is 5.78 Å². The topological polar surface area (TPSA) is 73.3 Å². The van der Waals surface area contributed by atoms with Crippen LogP contribution in [0.25, 0.3) is 0 Å². The molecule has 2 heterocycles. The quantitative estimate of drug-likeness (QED) is 0.808. The maximum Gasteiger partial charge on any atom is 0.192 e. The van der Waals surface area contributed by atoms with Crippen molar-refractivity contribution >= 4 is 11.6 Å². The molecule has 0 bridgehead atoms. The summed E-state index contributed by atoms with van der Waals surface area (Å²) in [5.41, 5.74) is 9.79. The summed E-state index contributed by atoms with van der Waals surface area (Å²) in [5, 5.41) is 0. The summed E-state index contributed by atoms with van der Waals surface area (Å²) in [6.45, 7) is 3.73. The Hall–Kier alpha value is -2.95. The van der Waals surface area contributed by atoms with Crippen LogP contribution in [-0.4, -0.2) is 27.7 Å². The molecule has 0 saturated heterocycles. The first-order valence-corrected chi connectivity index (χ1v) is 10.5. The summed E-state index contributed by atoms with van der Waals surface area (Å²) in [5.74, 6) is 2.64. The first-order chi connectivity index (χ1) is 14.1. The molecule has 29 heavy (non-hydrogen) atoms. The normalized spacial score (nSPS) is 23.8. The second kappa shape index (κ2) is 7.14. The zero-order valence-electron chi connectivity index (χ0n) is 16.7. The Balaban J connectivity index is 1.48. The molecule has 0 amide bonds. The van der Waals surface area contributed by atoms with E-state index in [0.29, 0.717) is 11.8 Å². The number of Topliss-reactive ketones (excluding diaryl/α,β-unsaturated/α-hetero) is 1. The Morgan fingerprint density at radius 1 is 1.21 bits per heavy atom. The van der Waals surface area contributed by atoms with Crippen LogP contribution in [0, 0.1) is 5.92 Å². The number of allylic oxidation sites excluding steroid dienone is 4. The number of hydrogen-bond donors (Lipinski definition) is 1. The Morgan fingerprint density at radius 2 is 2.00 bits per heavy atom. The lowest BCUT2D eigenvalue weighted by Crippen LogP contribution is -2.28. The smallest absolute Gasteiger partial charge is 0.192 e. The van der Waals surface area contributed by atoms with E-state index in [9.17, 15) is 4.79 Å². The molecule has 0 spiro atoms. The van der Waals surface area contributed by atoms with Crippen LogP contribution in [0.5, 0.6) is 0 Å². The van der Waals surface area contributed by atoms with Crippen LogP contribution in [0.15, 0.2) is 59.1 Å². The van der Waals surface area contributed by atoms with Gasteiger partial charge >= 0.3 is 0 Å². The fourth-order valence-corrected chi connectivity index (χ4v) is 4.61. The second-order valence-electron chi connectivity index (χ2n) is 8.31. The molecule has 5 rings (SSSR count). The van der Waals surface area contributed by atoms with Crippen LogP contribution in [0.2, 0.25) is 0 Å². The molecule has 2 N–H and O–H groups in total. The number of nitrogens with two attached hydrogens (primary N) is 1. The molecule has 2 unspecified atom stereocenters. The summed E-state index contributed by atoms with van der Waals surface area (Å²) >= 11 is 0. The van der Waals surface area contributed by atoms with Gasteiger partial charge in [-0.05, 0) is 18.8 Å². The fourth-order valence-electron chi connectivity index (χ4n) is 4.61. The number of nitrogens with zero attached hydrogens (tertiary/aromatic N) is 3. The summed E-state index contributed by atoms with van der Waals surface area (Å²) in [6.07, 6.45) is 9.84. The molecule has 1 saturated carbocycles. The van der Waals surface area contributed by atoms with Gasteiger partial charge < -0.3 is 10.3 Å². The molecule has 2 aliphatic carbocycles. The van der Waals surface area contributed by atoms with Gasteiger partial charge in [0.1, 0.15) is 17.4 Å². The number of carbonyl (C=O) groups is 1. The van der Waals surface area contributed by atoms with Crippen molar-refractivity contribution in [2.24, 2.45) is 16.6 Å². The van der Waals surface area contributed by atoms with Crippen molar-refractivity contribution in [3.05, 3.63) is 76.9 Å². The van der Waals surface area contributed by atoms with E-state index in [2.05, 4.69) is 28.6 Å². The lowest BCUT2D eigenvalue weighted by molar-refractivity contribution is 0.103. The van der Waals surface area contributed by atoms with Crippen molar-refractivity contribution in [1.29, 1.82) is 0 Å². The van der Waals surface area contributed by atoms with Crippen LogP contribution in [-0.2, 0) is 6.54 Å². The average molecular weight is 386 g/mol. The highest BCUT2D eigenvalue weighted by Gasteiger charge is 2.34. The largest absolute Gasteiger partial charge is 0.382 e. The van der Waals surface area contributed by atoms with Crippen molar-refractivity contribution in [3.8, 4) is 0 Å². The van der Waals surface area contributed by atoms with Crippen molar-refractivity contribution in [3.63, 3.8) is 0 Å². The van der Waals surface area contributed by atoms with E-state index in [1.807, 2.05) is 36.4 Å². The van der Waals surface area contributed by atoms with Crippen molar-refractivity contribution in [2.45, 2.75) is 44.6 Å². The van der Waals surface area contributed by atoms with Crippen LogP contribution in [0.3, 0.4) is 0 Å². The standard InChI is InChI=1S/C24H26N4O/c1-15-14-18(22(29)16-6-3-2-4-7-16)10-11-19(15)20-21-23(25)26-12-13-28(21)24(27-20)17-8-5-9-17/h2-4,6-7,10-11,14-15,17,19H,5,8-9,12-13H2,1H3,(H2,25,26). The van der Waals surface area contributed by atoms with Gasteiger partial charge in [-0.15, -0.1) is 0 Å². The Labute approximate surface area is 171 Å². The third-order valence-corrected chi connectivity index (χ3v) is 6.45. The first-order valence-electron chi connectivity index (χ1n) is 10.5. The average Bonchev–Trinajstić information content (AvgIpc) is 3.07. The van der Waals surface area contributed by atoms with Gasteiger partial charge in [0.05, 0.1) is 12.2 Å². The second-order valence-corrected chi connectivity index (χ2v) is 8.31. The third-order valence-electron chi connectivity index (χ3n) is 6.45. The zero-order chi connectivity index (χ0) is 20.0. The lowest BCUT2D eigenvalue weighted by Gasteiger charge is -2.26. The van der Waals surface area contributed by atoms with E-state index in [-0.39, 0.29) is 17.6 Å². The van der Waals surface area contributed by atoms with Crippen LogP contribution < -0.4 is 5.73 Å². The number of carbonyl (C=O) groups excluding carboxylic acids is 1. The predicted octanol–water partition coefficient (Wildman–Crippen LogP) is 3.97. The summed E-state index contributed by atoms with van der Waals surface area (Å²) in [4.78, 5) is 22.4. The summed E-state index contributed by atoms with van der Waals surface area (Å²) < 4.78 is 2.30. The molecule has 1 aromatic carbocycles. The van der Waals surface area contributed by atoms with Gasteiger partial charge in [-0.3, -0.25) is 9.79 Å². The number of aliphatic imine (C=N–C) groups is 1. The van der Waals surface area contributed by atoms with Crippen LogP contribution in [0.4, 0.5) is 0 Å². The van der Waals surface area contributed by atoms with Gasteiger partial charge in [-0.2, -0.15) is 0 Å². The molecule has 2 aromatic rings. The maximum atomic E-state index is 12.8. The molecule has 5 nitrogen and oxygen atoms in total. The van der Waals surface area contributed by atoms with Crippen molar-refractivity contribution in [1.82, 2.24) is 9.55 Å². The van der Waals surface area contributed by atoms with Crippen molar-refractivity contribution < 1.29 is 4.79 Å². The first kappa shape index (κ1) is 18.1. The van der Waals surface area contributed by atoms with E-state index < -0.39 is 0 Å². The Bertz CT molecular complexity index is 1040. The molecule has 5 heteroatoms. The van der Waals surface area contributed by atoms with Gasteiger partial charge in [0.2, 0.25) is 0 Å². The van der Waals surface area contributed by atoms with E-state index in [4.69, 9.17) is 10.7 Å². The van der Waals surface area contributed by atoms with E-state index in [1.54, 1.807) is 0 Å². The molecular weight excluding hydrogens is 360 g/mol. The Morgan fingerprint density at radius 3 is 2.69 bits per heavy atom. The molecular formula is C24H26N4O. The fraction of sp³-hybridized carbons (Fsp3) is 0.375. The maximum absolute atomic E-state index is 12.8. The molecule has 148 valence electrons. The van der Waals surface area contributed by atoms with Gasteiger partial charge in [0.25, 0.3) is 0 Å². The van der Waals surface area contributed by atoms with E-state index >= 15 is 0 Å². The lowest BCUT2D eigenvalue weighted by atomic mass is 9.82. The third kappa shape index (κ3) is 3.05. The molecule has 1 aromatic heterocycles. The van der Waals surface area contributed by atoms with Crippen LogP contribution in [0.1, 0.15) is 65.6 Å². The monoisotopic (exact) mass is 386 g/mol. The summed E-state index contributed by atoms with van der Waals surface area (Å²) in [6, 6.07) is 9.44. The number of imidazole rings is 1. The number of benzene rings is 1. The number of amidine groups is 1. The van der Waals surface area contributed by atoms with Crippen molar-refractivity contribution in [2.75, 3.05) is 6.54 Å². The van der Waals surface area contributed by atoms with Crippen LogP contribution >= 0.6 is 0 Å². The minimum Gasteiger partial charge on any atom is -0.382 e. The van der Waals surface area contributed by atoms with E-state index in [0.717, 1.165) is 35.6 Å². The predicted molar refractivity (Wildman–Crippen MR) is 114 cm³/mol. The molecule has 2 atom stereocenters. The number of fused-ring (bicyclic) bond motifs is 1. The molecule has 3 aliphatic rings. The minimum absolute atomic E-state index is 0.0650. The number of hydrogen-bond acceptors (Lipinski definition) is 4. The number of ketones is 1. The molecule has 1 aliphatic heterocycles. The van der Waals surface area contributed by atoms with Gasteiger partial charge in [-0.25, -0.2) is 4.98 Å². The highest BCUT2D eigenvalue weighted by molar-refractivity contribution is 6.10. The minimum atomic E-state index is 0.0650. The van der Waals surface area contributed by atoms with Gasteiger partial charge in [-0.1, -0.05) is 61.9 Å². The zero-order valence-corrected chi connectivity index (χ0v) is 16.7. The Kier molecular flexibility index (Phi) is 4.46. The molecule has 0 radical (unpaired) electrons. The number of aromatic nitrogens is 2.